The number of carboxylic acids is 1. The maximum atomic E-state index is 12.0. The largest absolute Gasteiger partial charge is 0.487 e. The van der Waals surface area contributed by atoms with Crippen LogP contribution in [0.25, 0.3) is 17.0 Å². The molecule has 0 spiro atoms. The first-order valence-electron chi connectivity index (χ1n) is 13.0. The van der Waals surface area contributed by atoms with Crippen LogP contribution in [0, 0.1) is 6.92 Å². The van der Waals surface area contributed by atoms with Gasteiger partial charge in [0, 0.05) is 11.1 Å². The van der Waals surface area contributed by atoms with Gasteiger partial charge in [0.2, 0.25) is 5.89 Å². The van der Waals surface area contributed by atoms with E-state index in [1.807, 2.05) is 97.9 Å². The van der Waals surface area contributed by atoms with E-state index in [0.717, 1.165) is 33.5 Å². The highest BCUT2D eigenvalue weighted by atomic mass is 16.6. The predicted octanol–water partition coefficient (Wildman–Crippen LogP) is 7.30. The molecular formula is C34H28N2O5. The summed E-state index contributed by atoms with van der Waals surface area (Å²) in [5.41, 5.74) is 5.22. The van der Waals surface area contributed by atoms with Crippen molar-refractivity contribution in [3.8, 4) is 17.2 Å². The van der Waals surface area contributed by atoms with E-state index < -0.39 is 5.97 Å². The Balaban J connectivity index is 1.20. The molecule has 0 atom stereocenters. The minimum Gasteiger partial charge on any atom is -0.487 e. The number of hydrogen-bond acceptors (Lipinski definition) is 6. The third-order valence-electron chi connectivity index (χ3n) is 6.41. The molecule has 204 valence electrons. The number of nitrogens with zero attached hydrogens (tertiary/aromatic N) is 2. The summed E-state index contributed by atoms with van der Waals surface area (Å²) in [5, 5.41) is 13.7. The fraction of sp³-hybridized carbons (Fsp3) is 0.0882. The highest BCUT2D eigenvalue weighted by Gasteiger charge is 2.16. The zero-order chi connectivity index (χ0) is 28.6. The molecule has 5 aromatic rings. The van der Waals surface area contributed by atoms with Gasteiger partial charge < -0.3 is 19.1 Å². The van der Waals surface area contributed by atoms with Crippen molar-refractivity contribution in [3.63, 3.8) is 0 Å². The molecule has 0 amide bonds. The summed E-state index contributed by atoms with van der Waals surface area (Å²) >= 11 is 0. The summed E-state index contributed by atoms with van der Waals surface area (Å²) in [4.78, 5) is 22.0. The number of oxazole rings is 1. The van der Waals surface area contributed by atoms with E-state index in [4.69, 9.17) is 14.0 Å². The zero-order valence-electron chi connectivity index (χ0n) is 22.5. The maximum absolute atomic E-state index is 12.0. The molecule has 41 heavy (non-hydrogen) atoms. The van der Waals surface area contributed by atoms with Crippen LogP contribution >= 0.6 is 0 Å². The molecule has 0 bridgehead atoms. The second-order valence-corrected chi connectivity index (χ2v) is 9.26. The molecule has 0 radical (unpaired) electrons. The molecule has 0 saturated carbocycles. The first-order valence-corrected chi connectivity index (χ1v) is 13.0. The average Bonchev–Trinajstić information content (AvgIpc) is 3.39. The van der Waals surface area contributed by atoms with E-state index in [0.29, 0.717) is 23.0 Å². The average molecular weight is 545 g/mol. The SMILES string of the molecule is C=C(c1ccccc1)c1cccc(/C(=N/OCc2ccc(OCc3nc(-c4ccccc4)oc3C)cc2)C(=O)O)c1. The van der Waals surface area contributed by atoms with Gasteiger partial charge in [0.15, 0.2) is 5.71 Å². The fourth-order valence-corrected chi connectivity index (χ4v) is 4.15. The van der Waals surface area contributed by atoms with E-state index in [2.05, 4.69) is 16.7 Å². The van der Waals surface area contributed by atoms with Crippen LogP contribution in [0.5, 0.6) is 5.75 Å². The Morgan fingerprint density at radius 1 is 0.854 bits per heavy atom. The molecule has 0 aliphatic rings. The van der Waals surface area contributed by atoms with Gasteiger partial charge in [-0.05, 0) is 59.5 Å². The highest BCUT2D eigenvalue weighted by Crippen LogP contribution is 2.24. The standard InChI is InChI=1S/C34H28N2O5/c1-23(26-10-5-3-6-11-26)28-14-9-15-29(20-28)32(34(37)38)36-40-21-25-16-18-30(19-17-25)39-22-31-24(2)41-33(35-31)27-12-7-4-8-13-27/h3-20H,1,21-22H2,2H3,(H,37,38)/b36-32-. The highest BCUT2D eigenvalue weighted by molar-refractivity contribution is 6.42. The van der Waals surface area contributed by atoms with Crippen LogP contribution in [0.15, 0.2) is 125 Å². The Morgan fingerprint density at radius 3 is 2.22 bits per heavy atom. The quantitative estimate of drug-likeness (QED) is 0.139. The van der Waals surface area contributed by atoms with Gasteiger partial charge in [-0.1, -0.05) is 90.6 Å². The van der Waals surface area contributed by atoms with Crippen molar-refractivity contribution in [3.05, 3.63) is 149 Å². The van der Waals surface area contributed by atoms with Crippen LogP contribution in [0.2, 0.25) is 0 Å². The van der Waals surface area contributed by atoms with Gasteiger partial charge >= 0.3 is 5.97 Å². The second kappa shape index (κ2) is 12.6. The molecule has 4 aromatic carbocycles. The molecule has 0 fully saturated rings. The van der Waals surface area contributed by atoms with Crippen molar-refractivity contribution in [1.82, 2.24) is 4.98 Å². The number of carbonyl (C=O) groups is 1. The molecular weight excluding hydrogens is 516 g/mol. The third-order valence-corrected chi connectivity index (χ3v) is 6.41. The Labute approximate surface area is 238 Å². The van der Waals surface area contributed by atoms with Crippen LogP contribution in [-0.4, -0.2) is 21.8 Å². The Hall–Kier alpha value is -5.43. The predicted molar refractivity (Wildman–Crippen MR) is 157 cm³/mol. The van der Waals surface area contributed by atoms with E-state index in [1.54, 1.807) is 18.2 Å². The van der Waals surface area contributed by atoms with Gasteiger partial charge in [-0.15, -0.1) is 0 Å². The monoisotopic (exact) mass is 544 g/mol. The van der Waals surface area contributed by atoms with Crippen molar-refractivity contribution in [2.24, 2.45) is 5.16 Å². The van der Waals surface area contributed by atoms with Gasteiger partial charge in [0.05, 0.1) is 0 Å². The molecule has 1 aromatic heterocycles. The summed E-state index contributed by atoms with van der Waals surface area (Å²) < 4.78 is 11.7. The van der Waals surface area contributed by atoms with Crippen LogP contribution < -0.4 is 4.74 Å². The number of carboxylic acid groups (broad SMARTS) is 1. The van der Waals surface area contributed by atoms with Crippen molar-refractivity contribution < 1.29 is 23.9 Å². The summed E-state index contributed by atoms with van der Waals surface area (Å²) in [7, 11) is 0. The molecule has 0 saturated heterocycles. The van der Waals surface area contributed by atoms with Crippen molar-refractivity contribution >= 4 is 17.3 Å². The van der Waals surface area contributed by atoms with Crippen LogP contribution in [-0.2, 0) is 22.8 Å². The fourth-order valence-electron chi connectivity index (χ4n) is 4.15. The van der Waals surface area contributed by atoms with Crippen molar-refractivity contribution in [2.45, 2.75) is 20.1 Å². The van der Waals surface area contributed by atoms with Gasteiger partial charge in [0.1, 0.15) is 30.4 Å². The van der Waals surface area contributed by atoms with Crippen LogP contribution in [0.4, 0.5) is 0 Å². The Morgan fingerprint density at radius 2 is 1.51 bits per heavy atom. The number of aliphatic carboxylic acids is 1. The number of aryl methyl sites for hydroxylation is 1. The molecule has 0 aliphatic heterocycles. The molecule has 1 heterocycles. The minimum atomic E-state index is -1.19. The Kier molecular flexibility index (Phi) is 8.35. The first-order chi connectivity index (χ1) is 20.0. The Bertz CT molecular complexity index is 1670. The smallest absolute Gasteiger partial charge is 0.358 e. The van der Waals surface area contributed by atoms with Gasteiger partial charge in [0.25, 0.3) is 0 Å². The number of oxime groups is 1. The van der Waals surface area contributed by atoms with Crippen LogP contribution in [0.3, 0.4) is 0 Å². The minimum absolute atomic E-state index is 0.0936. The molecule has 7 heteroatoms. The summed E-state index contributed by atoms with van der Waals surface area (Å²) in [5.74, 6) is 0.733. The maximum Gasteiger partial charge on any atom is 0.358 e. The first kappa shape index (κ1) is 27.1. The lowest BCUT2D eigenvalue weighted by atomic mass is 9.97. The van der Waals surface area contributed by atoms with Gasteiger partial charge in [-0.25, -0.2) is 9.78 Å². The normalized spacial score (nSPS) is 11.2. The zero-order valence-corrected chi connectivity index (χ0v) is 22.5. The third kappa shape index (κ3) is 6.78. The van der Waals surface area contributed by atoms with Crippen molar-refractivity contribution in [2.75, 3.05) is 0 Å². The van der Waals surface area contributed by atoms with E-state index >= 15 is 0 Å². The number of ether oxygens (including phenoxy) is 1. The van der Waals surface area contributed by atoms with E-state index in [-0.39, 0.29) is 18.9 Å². The summed E-state index contributed by atoms with van der Waals surface area (Å²) in [6.45, 7) is 6.38. The number of rotatable bonds is 11. The molecule has 5 rings (SSSR count). The van der Waals surface area contributed by atoms with Crippen molar-refractivity contribution in [1.29, 1.82) is 0 Å². The lowest BCUT2D eigenvalue weighted by molar-refractivity contribution is -0.129. The van der Waals surface area contributed by atoms with E-state index in [1.165, 1.54) is 0 Å². The lowest BCUT2D eigenvalue weighted by Gasteiger charge is -2.09. The number of hydrogen-bond donors (Lipinski definition) is 1. The number of benzene rings is 4. The molecule has 7 nitrogen and oxygen atoms in total. The lowest BCUT2D eigenvalue weighted by Crippen LogP contribution is -2.15. The number of aromatic nitrogens is 1. The van der Waals surface area contributed by atoms with Gasteiger partial charge in [-0.3, -0.25) is 0 Å². The van der Waals surface area contributed by atoms with Crippen LogP contribution in [0.1, 0.15) is 33.7 Å². The summed E-state index contributed by atoms with van der Waals surface area (Å²) in [6.07, 6.45) is 0. The topological polar surface area (TPSA) is 94.2 Å². The molecule has 0 aliphatic carbocycles. The van der Waals surface area contributed by atoms with Gasteiger partial charge in [-0.2, -0.15) is 0 Å². The van der Waals surface area contributed by atoms with E-state index in [9.17, 15) is 9.90 Å². The molecule has 0 unspecified atom stereocenters. The summed E-state index contributed by atoms with van der Waals surface area (Å²) in [6, 6.07) is 33.8. The second-order valence-electron chi connectivity index (χ2n) is 9.26. The molecule has 1 N–H and O–H groups in total.